The Hall–Kier alpha value is -3.80. The highest BCUT2D eigenvalue weighted by atomic mass is 35.5. The van der Waals surface area contributed by atoms with Gasteiger partial charge in [-0.25, -0.2) is 32.3 Å². The van der Waals surface area contributed by atoms with E-state index >= 15 is 0 Å². The molecule has 0 fully saturated rings. The van der Waals surface area contributed by atoms with Crippen molar-refractivity contribution < 1.29 is 40.2 Å². The number of aliphatic imine (C=N–C) groups is 1. The lowest BCUT2D eigenvalue weighted by Gasteiger charge is -2.10. The molecule has 0 amide bonds. The summed E-state index contributed by atoms with van der Waals surface area (Å²) in [6.45, 7) is 0. The summed E-state index contributed by atoms with van der Waals surface area (Å²) in [5, 5.41) is 11.2. The van der Waals surface area contributed by atoms with Gasteiger partial charge in [0.15, 0.2) is 11.5 Å². The lowest BCUT2D eigenvalue weighted by molar-refractivity contribution is -0.203. The zero-order valence-corrected chi connectivity index (χ0v) is 17.2. The number of sulfone groups is 1. The van der Waals surface area contributed by atoms with E-state index in [4.69, 9.17) is 17.3 Å². The van der Waals surface area contributed by atoms with Crippen molar-refractivity contribution >= 4 is 44.9 Å². The number of H-pyrrole nitrogens is 1. The molecular weight excluding hydrogens is 504 g/mol. The molecule has 0 unspecified atom stereocenters. The van der Waals surface area contributed by atoms with E-state index < -0.39 is 61.0 Å². The van der Waals surface area contributed by atoms with E-state index in [-0.39, 0.29) is 11.6 Å². The molecule has 3 aromatic rings. The van der Waals surface area contributed by atoms with Crippen molar-refractivity contribution in [1.82, 2.24) is 31.0 Å². The minimum atomic E-state index is -5.38. The monoisotopic (exact) mass is 512 g/mol. The summed E-state index contributed by atoms with van der Waals surface area (Å²) in [5.74, 6) is -5.56. The van der Waals surface area contributed by atoms with Crippen LogP contribution in [0.2, 0.25) is 5.02 Å². The molecule has 0 spiro atoms. The smallest absolute Gasteiger partial charge is 0.366 e. The normalized spacial score (nSPS) is 12.6. The number of nitrogen functional groups attached to an aromatic ring is 1. The molecular formula is C14H9ClF4N8O5S. The second kappa shape index (κ2) is 8.98. The number of amidine groups is 1. The van der Waals surface area contributed by atoms with Crippen LogP contribution in [0.15, 0.2) is 33.0 Å². The molecule has 33 heavy (non-hydrogen) atoms. The van der Waals surface area contributed by atoms with Crippen LogP contribution in [0.5, 0.6) is 0 Å². The minimum Gasteiger partial charge on any atom is -0.366 e. The Morgan fingerprint density at radius 2 is 2.06 bits per heavy atom. The van der Waals surface area contributed by atoms with Crippen LogP contribution in [0.1, 0.15) is 11.4 Å². The Labute approximate surface area is 184 Å². The van der Waals surface area contributed by atoms with E-state index in [1.807, 2.05) is 0 Å². The number of hydroxylamine groups is 1. The van der Waals surface area contributed by atoms with Gasteiger partial charge in [-0.2, -0.15) is 23.6 Å². The molecule has 1 aromatic carbocycles. The van der Waals surface area contributed by atoms with Crippen LogP contribution in [0.25, 0.3) is 0 Å². The minimum absolute atomic E-state index is 0.147. The van der Waals surface area contributed by atoms with Crippen molar-refractivity contribution in [2.24, 2.45) is 4.99 Å². The van der Waals surface area contributed by atoms with Crippen LogP contribution in [0, 0.1) is 5.82 Å². The van der Waals surface area contributed by atoms with E-state index in [0.29, 0.717) is 0 Å². The molecule has 0 saturated heterocycles. The van der Waals surface area contributed by atoms with Crippen molar-refractivity contribution in [2.75, 3.05) is 5.73 Å². The number of nitrogens with one attached hydrogen (secondary N) is 2. The number of halogens is 5. The number of aromatic amines is 1. The fraction of sp³-hybridized carbons (Fsp3) is 0.143. The van der Waals surface area contributed by atoms with E-state index in [1.165, 1.54) is 0 Å². The van der Waals surface area contributed by atoms with Gasteiger partial charge in [-0.1, -0.05) is 16.8 Å². The summed E-state index contributed by atoms with van der Waals surface area (Å²) in [5.41, 5.74) is 5.69. The second-order valence-corrected chi connectivity index (χ2v) is 8.18. The summed E-state index contributed by atoms with van der Waals surface area (Å²) in [4.78, 5) is 22.3. The van der Waals surface area contributed by atoms with Crippen LogP contribution in [-0.2, 0) is 25.2 Å². The third-order valence-corrected chi connectivity index (χ3v) is 5.22. The number of hydrogen-bond acceptors (Lipinski definition) is 11. The van der Waals surface area contributed by atoms with E-state index in [2.05, 4.69) is 40.0 Å². The van der Waals surface area contributed by atoms with Crippen molar-refractivity contribution in [1.29, 1.82) is 0 Å². The highest BCUT2D eigenvalue weighted by molar-refractivity contribution is 7.90. The van der Waals surface area contributed by atoms with Gasteiger partial charge in [-0.15, -0.1) is 5.10 Å². The molecule has 2 heterocycles. The number of nitrogens with zero attached hydrogens (tertiary/aromatic N) is 5. The molecule has 0 radical (unpaired) electrons. The van der Waals surface area contributed by atoms with Crippen LogP contribution in [-0.4, -0.2) is 51.9 Å². The van der Waals surface area contributed by atoms with E-state index in [0.717, 1.165) is 18.2 Å². The van der Waals surface area contributed by atoms with Gasteiger partial charge < -0.3 is 10.6 Å². The van der Waals surface area contributed by atoms with Crippen LogP contribution < -0.4 is 11.2 Å². The van der Waals surface area contributed by atoms with Gasteiger partial charge in [0.05, 0.1) is 10.7 Å². The number of nitrogens with two attached hydrogens (primary N) is 1. The third kappa shape index (κ3) is 5.71. The van der Waals surface area contributed by atoms with Crippen LogP contribution >= 0.6 is 11.6 Å². The zero-order chi connectivity index (χ0) is 24.4. The van der Waals surface area contributed by atoms with Gasteiger partial charge in [-0.05, 0) is 23.4 Å². The topological polar surface area (TPSA) is 191 Å². The van der Waals surface area contributed by atoms with Crippen molar-refractivity contribution in [2.45, 2.75) is 17.1 Å². The largest absolute Gasteiger partial charge is 0.493 e. The number of anilines is 1. The number of aromatic nitrogens is 5. The van der Waals surface area contributed by atoms with E-state index in [1.54, 1.807) is 5.48 Å². The fourth-order valence-electron chi connectivity index (χ4n) is 2.09. The molecule has 2 aromatic heterocycles. The maximum atomic E-state index is 13.4. The van der Waals surface area contributed by atoms with Gasteiger partial charge >= 0.3 is 12.1 Å². The van der Waals surface area contributed by atoms with Gasteiger partial charge in [0.25, 0.3) is 0 Å². The van der Waals surface area contributed by atoms with Crippen LogP contribution in [0.4, 0.5) is 29.2 Å². The predicted octanol–water partition coefficient (Wildman–Crippen LogP) is 1.22. The standard InChI is InChI=1S/C14H9ClF4N8O5S/c15-6-3-5(1-2-7(6)16)21-10(27-31-11(28)14(17,18)19)9-8(25-32-26-9)4-33(29,30)13-22-12(20)23-24-13/h1-3H,4H2,(H,21,27)(H3,20,22,23,24). The molecule has 0 aliphatic carbocycles. The summed E-state index contributed by atoms with van der Waals surface area (Å²) in [6.07, 6.45) is -5.38. The second-order valence-electron chi connectivity index (χ2n) is 5.87. The van der Waals surface area contributed by atoms with Crippen LogP contribution in [0.3, 0.4) is 0 Å². The highest BCUT2D eigenvalue weighted by Crippen LogP contribution is 2.23. The number of benzene rings is 1. The molecule has 0 saturated carbocycles. The van der Waals surface area contributed by atoms with Gasteiger partial charge in [-0.3, -0.25) is 0 Å². The Balaban J connectivity index is 1.99. The first-order valence-electron chi connectivity index (χ1n) is 8.17. The Morgan fingerprint density at radius 3 is 2.67 bits per heavy atom. The Morgan fingerprint density at radius 1 is 1.33 bits per heavy atom. The van der Waals surface area contributed by atoms with Gasteiger partial charge in [0.1, 0.15) is 17.3 Å². The first-order chi connectivity index (χ1) is 15.4. The number of carbonyl (C=O) groups excluding carboxylic acids is 1. The predicted molar refractivity (Wildman–Crippen MR) is 98.9 cm³/mol. The average Bonchev–Trinajstić information content (AvgIpc) is 3.36. The maximum absolute atomic E-state index is 13.4. The molecule has 3 rings (SSSR count). The number of carbonyl (C=O) groups is 1. The summed E-state index contributed by atoms with van der Waals surface area (Å²) in [6, 6.07) is 2.93. The van der Waals surface area contributed by atoms with E-state index in [9.17, 15) is 30.8 Å². The number of hydrogen-bond donors (Lipinski definition) is 3. The van der Waals surface area contributed by atoms with Crippen molar-refractivity contribution in [3.05, 3.63) is 40.4 Å². The molecule has 0 aliphatic rings. The molecule has 13 nitrogen and oxygen atoms in total. The summed E-state index contributed by atoms with van der Waals surface area (Å²) < 4.78 is 80.3. The fourth-order valence-corrected chi connectivity index (χ4v) is 3.37. The summed E-state index contributed by atoms with van der Waals surface area (Å²) in [7, 11) is -4.27. The number of rotatable bonds is 5. The quantitative estimate of drug-likeness (QED) is 0.193. The highest BCUT2D eigenvalue weighted by Gasteiger charge is 2.42. The first-order valence-corrected chi connectivity index (χ1v) is 10.2. The Bertz CT molecular complexity index is 1320. The van der Waals surface area contributed by atoms with Gasteiger partial charge in [0.2, 0.25) is 20.9 Å². The lowest BCUT2D eigenvalue weighted by atomic mass is 10.3. The molecule has 0 bridgehead atoms. The molecule has 0 atom stereocenters. The lowest BCUT2D eigenvalue weighted by Crippen LogP contribution is -2.35. The number of alkyl halides is 3. The Kier molecular flexibility index (Phi) is 6.49. The molecule has 19 heteroatoms. The van der Waals surface area contributed by atoms with Gasteiger partial charge in [0, 0.05) is 0 Å². The molecule has 176 valence electrons. The summed E-state index contributed by atoms with van der Waals surface area (Å²) >= 11 is 5.65. The molecule has 4 N–H and O–H groups in total. The van der Waals surface area contributed by atoms with Crippen molar-refractivity contribution in [3.63, 3.8) is 0 Å². The molecule has 0 aliphatic heterocycles. The first kappa shape index (κ1) is 23.9. The third-order valence-electron chi connectivity index (χ3n) is 3.50. The zero-order valence-electron chi connectivity index (χ0n) is 15.6. The SMILES string of the molecule is Nc1n[nH]c(S(=O)(=O)Cc2nonc2C(=Nc2ccc(F)c(Cl)c2)NOC(=O)C(F)(F)F)n1. The maximum Gasteiger partial charge on any atom is 0.493 e. The van der Waals surface area contributed by atoms with Crippen molar-refractivity contribution in [3.8, 4) is 0 Å². The average molecular weight is 513 g/mol.